The van der Waals surface area contributed by atoms with Crippen LogP contribution < -0.4 is 5.32 Å². The van der Waals surface area contributed by atoms with Gasteiger partial charge in [-0.25, -0.2) is 4.98 Å². The lowest BCUT2D eigenvalue weighted by atomic mass is 10.1. The number of halogens is 1. The molecule has 0 spiro atoms. The van der Waals surface area contributed by atoms with Crippen molar-refractivity contribution >= 4 is 46.1 Å². The van der Waals surface area contributed by atoms with Crippen LogP contribution in [0.2, 0.25) is 5.02 Å². The molecule has 1 aliphatic heterocycles. The SMILES string of the molecule is O=C(CN1C(=O)c2ccccc2C1=O)Nc1ccc2nc(-c3ccccc3Cl)oc2c1. The van der Waals surface area contributed by atoms with E-state index in [1.807, 2.05) is 12.1 Å². The lowest BCUT2D eigenvalue weighted by molar-refractivity contribution is -0.116. The van der Waals surface area contributed by atoms with Gasteiger partial charge in [-0.15, -0.1) is 0 Å². The molecule has 0 saturated heterocycles. The molecule has 1 N–H and O–H groups in total. The number of rotatable bonds is 4. The molecule has 0 saturated carbocycles. The molecule has 1 aromatic heterocycles. The van der Waals surface area contributed by atoms with E-state index in [4.69, 9.17) is 16.0 Å². The van der Waals surface area contributed by atoms with Crippen molar-refractivity contribution in [3.05, 3.63) is 82.9 Å². The van der Waals surface area contributed by atoms with Crippen LogP contribution in [0.15, 0.2) is 71.1 Å². The predicted octanol–water partition coefficient (Wildman–Crippen LogP) is 4.38. The fourth-order valence-corrected chi connectivity index (χ4v) is 3.70. The first-order valence-corrected chi connectivity index (χ1v) is 9.79. The third-order valence-corrected chi connectivity index (χ3v) is 5.29. The van der Waals surface area contributed by atoms with E-state index in [2.05, 4.69) is 10.3 Å². The summed E-state index contributed by atoms with van der Waals surface area (Å²) in [5, 5.41) is 3.21. The van der Waals surface area contributed by atoms with Crippen LogP contribution in [0.3, 0.4) is 0 Å². The van der Waals surface area contributed by atoms with Gasteiger partial charge in [0, 0.05) is 11.8 Å². The van der Waals surface area contributed by atoms with Crippen LogP contribution in [-0.4, -0.2) is 34.2 Å². The molecule has 0 atom stereocenters. The summed E-state index contributed by atoms with van der Waals surface area (Å²) in [5.74, 6) is -1.09. The van der Waals surface area contributed by atoms with Crippen molar-refractivity contribution in [2.75, 3.05) is 11.9 Å². The van der Waals surface area contributed by atoms with Crippen LogP contribution in [0, 0.1) is 0 Å². The molecule has 0 radical (unpaired) electrons. The number of benzene rings is 3. The summed E-state index contributed by atoms with van der Waals surface area (Å²) in [6.45, 7) is -0.383. The fraction of sp³-hybridized carbons (Fsp3) is 0.0435. The zero-order chi connectivity index (χ0) is 21.5. The lowest BCUT2D eigenvalue weighted by Crippen LogP contribution is -2.37. The molecule has 5 rings (SSSR count). The maximum Gasteiger partial charge on any atom is 0.262 e. The summed E-state index contributed by atoms with van der Waals surface area (Å²) in [6, 6.07) is 18.7. The Morgan fingerprint density at radius 1 is 0.935 bits per heavy atom. The highest BCUT2D eigenvalue weighted by Crippen LogP contribution is 2.31. The number of imide groups is 1. The first kappa shape index (κ1) is 19.0. The smallest absolute Gasteiger partial charge is 0.262 e. The number of aromatic nitrogens is 1. The third kappa shape index (κ3) is 3.35. The minimum absolute atomic E-state index is 0.301. The monoisotopic (exact) mass is 431 g/mol. The van der Waals surface area contributed by atoms with Crippen LogP contribution in [0.4, 0.5) is 5.69 Å². The van der Waals surface area contributed by atoms with Crippen LogP contribution in [-0.2, 0) is 4.79 Å². The van der Waals surface area contributed by atoms with Crippen molar-refractivity contribution in [2.24, 2.45) is 0 Å². The van der Waals surface area contributed by atoms with E-state index >= 15 is 0 Å². The Hall–Kier alpha value is -3.97. The van der Waals surface area contributed by atoms with Gasteiger partial charge in [0.25, 0.3) is 11.8 Å². The Kier molecular flexibility index (Phi) is 4.52. The van der Waals surface area contributed by atoms with Crippen molar-refractivity contribution in [3.63, 3.8) is 0 Å². The molecule has 7 nitrogen and oxygen atoms in total. The lowest BCUT2D eigenvalue weighted by Gasteiger charge is -2.13. The van der Waals surface area contributed by atoms with Gasteiger partial charge in [0.2, 0.25) is 11.8 Å². The minimum Gasteiger partial charge on any atom is -0.436 e. The Morgan fingerprint density at radius 2 is 1.58 bits per heavy atom. The average Bonchev–Trinajstić information content (AvgIpc) is 3.29. The van der Waals surface area contributed by atoms with Crippen molar-refractivity contribution < 1.29 is 18.8 Å². The molecule has 0 aliphatic carbocycles. The first-order valence-electron chi connectivity index (χ1n) is 9.42. The summed E-state index contributed by atoms with van der Waals surface area (Å²) >= 11 is 6.21. The van der Waals surface area contributed by atoms with Crippen LogP contribution in [0.1, 0.15) is 20.7 Å². The van der Waals surface area contributed by atoms with E-state index in [1.165, 1.54) is 0 Å². The molecule has 31 heavy (non-hydrogen) atoms. The van der Waals surface area contributed by atoms with Gasteiger partial charge < -0.3 is 9.73 Å². The minimum atomic E-state index is -0.500. The topological polar surface area (TPSA) is 92.5 Å². The number of oxazole rings is 1. The summed E-state index contributed by atoms with van der Waals surface area (Å²) in [5.41, 5.74) is 2.79. The molecule has 3 aromatic carbocycles. The van der Waals surface area contributed by atoms with Crippen molar-refractivity contribution in [2.45, 2.75) is 0 Å². The number of fused-ring (bicyclic) bond motifs is 2. The predicted molar refractivity (Wildman–Crippen MR) is 115 cm³/mol. The molecule has 3 amide bonds. The van der Waals surface area contributed by atoms with E-state index in [9.17, 15) is 14.4 Å². The zero-order valence-electron chi connectivity index (χ0n) is 16.0. The van der Waals surface area contributed by atoms with Gasteiger partial charge in [-0.05, 0) is 36.4 Å². The molecular weight excluding hydrogens is 418 g/mol. The highest BCUT2D eigenvalue weighted by atomic mass is 35.5. The van der Waals surface area contributed by atoms with E-state index in [1.54, 1.807) is 54.6 Å². The van der Waals surface area contributed by atoms with Gasteiger partial charge in [0.1, 0.15) is 12.1 Å². The van der Waals surface area contributed by atoms with E-state index in [0.29, 0.717) is 44.4 Å². The second-order valence-corrected chi connectivity index (χ2v) is 7.38. The number of carbonyl (C=O) groups excluding carboxylic acids is 3. The molecule has 0 fully saturated rings. The van der Waals surface area contributed by atoms with E-state index in [-0.39, 0.29) is 6.54 Å². The number of amides is 3. The summed E-state index contributed by atoms with van der Waals surface area (Å²) < 4.78 is 5.80. The Morgan fingerprint density at radius 3 is 2.26 bits per heavy atom. The van der Waals surface area contributed by atoms with Crippen LogP contribution in [0.25, 0.3) is 22.6 Å². The number of anilines is 1. The van der Waals surface area contributed by atoms with E-state index in [0.717, 1.165) is 4.90 Å². The van der Waals surface area contributed by atoms with Gasteiger partial charge in [0.15, 0.2) is 5.58 Å². The number of nitrogens with one attached hydrogen (secondary N) is 1. The average molecular weight is 432 g/mol. The number of hydrogen-bond donors (Lipinski definition) is 1. The highest BCUT2D eigenvalue weighted by Gasteiger charge is 2.36. The molecule has 8 heteroatoms. The van der Waals surface area contributed by atoms with Crippen LogP contribution in [0.5, 0.6) is 0 Å². The standard InChI is InChI=1S/C23H14ClN3O4/c24-17-8-4-3-7-16(17)21-26-18-10-9-13(11-19(18)31-21)25-20(28)12-27-22(29)14-5-1-2-6-15(14)23(27)30/h1-11H,12H2,(H,25,28). The maximum absolute atomic E-state index is 12.5. The van der Waals surface area contributed by atoms with Gasteiger partial charge in [-0.3, -0.25) is 19.3 Å². The zero-order valence-corrected chi connectivity index (χ0v) is 16.7. The molecule has 0 bridgehead atoms. The normalized spacial score (nSPS) is 13.0. The Labute approximate surface area is 181 Å². The Bertz CT molecular complexity index is 1340. The van der Waals surface area contributed by atoms with E-state index < -0.39 is 17.7 Å². The largest absolute Gasteiger partial charge is 0.436 e. The van der Waals surface area contributed by atoms with Gasteiger partial charge in [-0.1, -0.05) is 35.9 Å². The molecule has 1 aliphatic rings. The summed E-state index contributed by atoms with van der Waals surface area (Å²) in [4.78, 5) is 42.7. The van der Waals surface area contributed by atoms with Crippen LogP contribution >= 0.6 is 11.6 Å². The maximum atomic E-state index is 12.5. The number of carbonyl (C=O) groups is 3. The molecule has 2 heterocycles. The first-order chi connectivity index (χ1) is 15.0. The second kappa shape index (κ2) is 7.37. The molecular formula is C23H14ClN3O4. The van der Waals surface area contributed by atoms with Gasteiger partial charge in [0.05, 0.1) is 21.7 Å². The summed E-state index contributed by atoms with van der Waals surface area (Å²) in [7, 11) is 0. The number of hydrogen-bond acceptors (Lipinski definition) is 5. The second-order valence-electron chi connectivity index (χ2n) is 6.97. The molecule has 4 aromatic rings. The Balaban J connectivity index is 1.34. The van der Waals surface area contributed by atoms with Crippen molar-refractivity contribution in [1.82, 2.24) is 9.88 Å². The van der Waals surface area contributed by atoms with Gasteiger partial charge >= 0.3 is 0 Å². The summed E-state index contributed by atoms with van der Waals surface area (Å²) in [6.07, 6.45) is 0. The van der Waals surface area contributed by atoms with Gasteiger partial charge in [-0.2, -0.15) is 0 Å². The third-order valence-electron chi connectivity index (χ3n) is 4.96. The molecule has 152 valence electrons. The molecule has 0 unspecified atom stereocenters. The fourth-order valence-electron chi connectivity index (χ4n) is 3.48. The van der Waals surface area contributed by atoms with Crippen molar-refractivity contribution in [1.29, 1.82) is 0 Å². The number of nitrogens with zero attached hydrogens (tertiary/aromatic N) is 2. The quantitative estimate of drug-likeness (QED) is 0.484. The van der Waals surface area contributed by atoms with Crippen molar-refractivity contribution in [3.8, 4) is 11.5 Å². The highest BCUT2D eigenvalue weighted by molar-refractivity contribution is 6.33.